The number of rotatable bonds is 8. The molecule has 1 amide bonds. The summed E-state index contributed by atoms with van der Waals surface area (Å²) in [5, 5.41) is 4.78. The number of carbonyl (C=O) groups excluding carboxylic acids is 3. The molecule has 5 heterocycles. The number of ketones is 1. The van der Waals surface area contributed by atoms with Crippen LogP contribution in [-0.4, -0.2) is 79.1 Å². The number of amides is 1. The lowest BCUT2D eigenvalue weighted by Gasteiger charge is -2.30. The van der Waals surface area contributed by atoms with Gasteiger partial charge >= 0.3 is 5.97 Å². The second-order valence-corrected chi connectivity index (χ2v) is 10.5. The molecule has 0 bridgehead atoms. The number of esters is 1. The normalized spacial score (nSPS) is 13.1. The maximum atomic E-state index is 13.7. The molecule has 1 saturated heterocycles. The third kappa shape index (κ3) is 5.69. The maximum absolute atomic E-state index is 13.7. The largest absolute Gasteiger partial charge is 0.494 e. The van der Waals surface area contributed by atoms with Crippen molar-refractivity contribution in [2.24, 2.45) is 0 Å². The smallest absolute Gasteiger partial charge is 0.339 e. The highest BCUT2D eigenvalue weighted by atomic mass is 16.5. The van der Waals surface area contributed by atoms with Crippen LogP contribution in [0.3, 0.4) is 0 Å². The number of aromatic amines is 1. The Morgan fingerprint density at radius 3 is 2.42 bits per heavy atom. The number of nitrogens with zero attached hydrogens (tertiary/aromatic N) is 6. The number of ether oxygens (including phenoxy) is 2. The van der Waals surface area contributed by atoms with Gasteiger partial charge in [0.2, 0.25) is 0 Å². The second kappa shape index (κ2) is 12.5. The zero-order valence-electron chi connectivity index (χ0n) is 25.1. The van der Waals surface area contributed by atoms with Crippen molar-refractivity contribution in [2.75, 3.05) is 26.8 Å². The average Bonchev–Trinajstić information content (AvgIpc) is 3.72. The summed E-state index contributed by atoms with van der Waals surface area (Å²) in [4.78, 5) is 57.3. The zero-order chi connectivity index (χ0) is 31.5. The van der Waals surface area contributed by atoms with Gasteiger partial charge in [-0.05, 0) is 43.9 Å². The summed E-state index contributed by atoms with van der Waals surface area (Å²) in [5.74, 6) is -0.321. The number of carbonyl (C=O) groups is 3. The van der Waals surface area contributed by atoms with E-state index in [0.717, 1.165) is 22.3 Å². The summed E-state index contributed by atoms with van der Waals surface area (Å²) in [7, 11) is 1.49. The lowest BCUT2D eigenvalue weighted by Crippen LogP contribution is -2.40. The van der Waals surface area contributed by atoms with Crippen LogP contribution in [0.4, 0.5) is 0 Å². The number of Topliss-reactive ketones (excluding diaryl/α,β-unsaturated/α-hetero) is 1. The Balaban J connectivity index is 1.28. The van der Waals surface area contributed by atoms with E-state index in [4.69, 9.17) is 9.47 Å². The van der Waals surface area contributed by atoms with Crippen LogP contribution in [0.5, 0.6) is 5.75 Å². The quantitative estimate of drug-likeness (QED) is 0.155. The van der Waals surface area contributed by atoms with E-state index in [9.17, 15) is 14.4 Å². The summed E-state index contributed by atoms with van der Waals surface area (Å²) < 4.78 is 12.2. The molecule has 0 unspecified atom stereocenters. The molecule has 0 saturated carbocycles. The van der Waals surface area contributed by atoms with E-state index in [0.29, 0.717) is 59.8 Å². The number of aryl methyl sites for hydroxylation is 1. The first kappa shape index (κ1) is 29.4. The van der Waals surface area contributed by atoms with Gasteiger partial charge in [0.15, 0.2) is 5.82 Å². The Kier molecular flexibility index (Phi) is 8.19. The topological polar surface area (TPSA) is 145 Å². The molecule has 1 aliphatic heterocycles. The van der Waals surface area contributed by atoms with Gasteiger partial charge in [0.1, 0.15) is 17.9 Å². The molecule has 1 aromatic carbocycles. The molecule has 12 heteroatoms. The van der Waals surface area contributed by atoms with Gasteiger partial charge < -0.3 is 19.4 Å². The van der Waals surface area contributed by atoms with Crippen molar-refractivity contribution >= 4 is 34.1 Å². The predicted octanol–water partition coefficient (Wildman–Crippen LogP) is 4.34. The predicted molar refractivity (Wildman–Crippen MR) is 165 cm³/mol. The minimum absolute atomic E-state index is 0.195. The van der Waals surface area contributed by atoms with E-state index in [1.165, 1.54) is 36.7 Å². The Morgan fingerprint density at radius 2 is 1.73 bits per heavy atom. The fraction of sp³-hybridized carbons (Fsp3) is 0.242. The molecule has 12 nitrogen and oxygen atoms in total. The minimum atomic E-state index is -0.645. The molecular weight excluding hydrogens is 574 g/mol. The van der Waals surface area contributed by atoms with Gasteiger partial charge in [-0.25, -0.2) is 19.4 Å². The fourth-order valence-electron chi connectivity index (χ4n) is 5.63. The Labute approximate surface area is 258 Å². The van der Waals surface area contributed by atoms with Gasteiger partial charge in [-0.15, -0.1) is 0 Å². The van der Waals surface area contributed by atoms with Crippen LogP contribution < -0.4 is 4.74 Å². The molecule has 0 spiro atoms. The lowest BCUT2D eigenvalue weighted by atomic mass is 9.88. The third-order valence-corrected chi connectivity index (χ3v) is 7.74. The zero-order valence-corrected chi connectivity index (χ0v) is 25.1. The fourth-order valence-corrected chi connectivity index (χ4v) is 5.63. The summed E-state index contributed by atoms with van der Waals surface area (Å²) in [6, 6.07) is 11.7. The molecule has 1 aliphatic rings. The molecule has 1 fully saturated rings. The molecular formula is C33H31N7O5. The SMILES string of the molecule is CCOC(=O)c1cncc(C(=C2CCN(C(=O)C(=O)c3c[nH]c4c(-n5cnc(C)n5)ncc(OC)c34)CC2)c2ccccc2)c1. The summed E-state index contributed by atoms with van der Waals surface area (Å²) in [6.07, 6.45) is 8.85. The van der Waals surface area contributed by atoms with E-state index < -0.39 is 17.7 Å². The van der Waals surface area contributed by atoms with Gasteiger partial charge in [0.05, 0.1) is 41.9 Å². The number of hydrogen-bond acceptors (Lipinski definition) is 9. The maximum Gasteiger partial charge on any atom is 0.339 e. The molecule has 5 aromatic rings. The molecule has 1 N–H and O–H groups in total. The van der Waals surface area contributed by atoms with Crippen LogP contribution in [0.1, 0.15) is 57.4 Å². The molecule has 228 valence electrons. The number of piperidine rings is 1. The summed E-state index contributed by atoms with van der Waals surface area (Å²) >= 11 is 0. The van der Waals surface area contributed by atoms with E-state index in [-0.39, 0.29) is 12.2 Å². The van der Waals surface area contributed by atoms with Gasteiger partial charge in [-0.3, -0.25) is 14.6 Å². The first-order valence-corrected chi connectivity index (χ1v) is 14.6. The molecule has 0 atom stereocenters. The molecule has 6 rings (SSSR count). The van der Waals surface area contributed by atoms with Crippen molar-refractivity contribution in [3.63, 3.8) is 0 Å². The van der Waals surface area contributed by atoms with Crippen molar-refractivity contribution in [1.82, 2.24) is 34.6 Å². The van der Waals surface area contributed by atoms with Crippen molar-refractivity contribution < 1.29 is 23.9 Å². The van der Waals surface area contributed by atoms with Gasteiger partial charge in [-0.1, -0.05) is 35.9 Å². The van der Waals surface area contributed by atoms with Crippen molar-refractivity contribution in [1.29, 1.82) is 0 Å². The third-order valence-electron chi connectivity index (χ3n) is 7.74. The van der Waals surface area contributed by atoms with Gasteiger partial charge in [-0.2, -0.15) is 5.10 Å². The number of pyridine rings is 2. The van der Waals surface area contributed by atoms with Crippen LogP contribution in [-0.2, 0) is 9.53 Å². The number of fused-ring (bicyclic) bond motifs is 1. The number of hydrogen-bond donors (Lipinski definition) is 1. The van der Waals surface area contributed by atoms with Crippen LogP contribution in [0.25, 0.3) is 22.3 Å². The van der Waals surface area contributed by atoms with Crippen molar-refractivity contribution in [2.45, 2.75) is 26.7 Å². The standard InChI is InChI=1S/C33H31N7O5/c1-4-45-33(43)24-14-23(15-34-16-24)27(21-8-6-5-7-9-21)22-10-12-39(13-11-22)32(42)30(41)25-17-35-29-28(25)26(44-3)18-36-31(29)40-19-37-20(2)38-40/h5-9,14-19,35H,4,10-13H2,1-3H3. The van der Waals surface area contributed by atoms with Crippen LogP contribution in [0.15, 0.2) is 73.1 Å². The van der Waals surface area contributed by atoms with E-state index in [1.54, 1.807) is 31.0 Å². The number of likely N-dealkylation sites (tertiary alicyclic amines) is 1. The average molecular weight is 606 g/mol. The second-order valence-electron chi connectivity index (χ2n) is 10.5. The highest BCUT2D eigenvalue weighted by molar-refractivity contribution is 6.45. The molecule has 0 aliphatic carbocycles. The van der Waals surface area contributed by atoms with E-state index >= 15 is 0 Å². The first-order chi connectivity index (χ1) is 21.9. The number of H-pyrrole nitrogens is 1. The number of aromatic nitrogens is 6. The van der Waals surface area contributed by atoms with Gasteiger partial charge in [0.25, 0.3) is 11.7 Å². The minimum Gasteiger partial charge on any atom is -0.494 e. The van der Waals surface area contributed by atoms with Crippen LogP contribution in [0, 0.1) is 6.92 Å². The monoisotopic (exact) mass is 605 g/mol. The Bertz CT molecular complexity index is 1930. The number of benzene rings is 1. The number of methoxy groups -OCH3 is 1. The Hall–Kier alpha value is -5.65. The summed E-state index contributed by atoms with van der Waals surface area (Å²) in [6.45, 7) is 4.50. The van der Waals surface area contributed by atoms with E-state index in [2.05, 4.69) is 25.0 Å². The van der Waals surface area contributed by atoms with Crippen molar-refractivity contribution in [3.8, 4) is 11.6 Å². The van der Waals surface area contributed by atoms with Crippen LogP contribution in [0.2, 0.25) is 0 Å². The highest BCUT2D eigenvalue weighted by Crippen LogP contribution is 2.34. The van der Waals surface area contributed by atoms with E-state index in [1.807, 2.05) is 30.3 Å². The first-order valence-electron chi connectivity index (χ1n) is 14.6. The highest BCUT2D eigenvalue weighted by Gasteiger charge is 2.30. The van der Waals surface area contributed by atoms with Crippen molar-refractivity contribution in [3.05, 3.63) is 101 Å². The Morgan fingerprint density at radius 1 is 0.978 bits per heavy atom. The lowest BCUT2D eigenvalue weighted by molar-refractivity contribution is -0.126. The molecule has 45 heavy (non-hydrogen) atoms. The van der Waals surface area contributed by atoms with Gasteiger partial charge in [0, 0.05) is 37.2 Å². The van der Waals surface area contributed by atoms with Crippen LogP contribution >= 0.6 is 0 Å². The molecule has 0 radical (unpaired) electrons. The summed E-state index contributed by atoms with van der Waals surface area (Å²) in [5.41, 5.74) is 4.89. The number of nitrogens with one attached hydrogen (secondary N) is 1. The molecule has 4 aromatic heterocycles.